The molecule has 0 rings (SSSR count). The molecule has 92 valence electrons. The van der Waals surface area contributed by atoms with Crippen LogP contribution < -0.4 is 5.32 Å². The minimum absolute atomic E-state index is 0.131. The second kappa shape index (κ2) is 5.83. The third-order valence-corrected chi connectivity index (χ3v) is 2.65. The van der Waals surface area contributed by atoms with Gasteiger partial charge in [0, 0.05) is 12.6 Å². The predicted molar refractivity (Wildman–Crippen MR) is 64.0 cm³/mol. The van der Waals surface area contributed by atoms with Crippen LogP contribution in [-0.4, -0.2) is 36.5 Å². The van der Waals surface area contributed by atoms with E-state index < -0.39 is 0 Å². The van der Waals surface area contributed by atoms with Crippen molar-refractivity contribution in [3.05, 3.63) is 0 Å². The Morgan fingerprint density at radius 1 is 1.27 bits per heavy atom. The Morgan fingerprint density at radius 2 is 1.80 bits per heavy atom. The molecule has 3 nitrogen and oxygen atoms in total. The van der Waals surface area contributed by atoms with Crippen LogP contribution in [0.25, 0.3) is 0 Å². The Morgan fingerprint density at radius 3 is 2.13 bits per heavy atom. The highest BCUT2D eigenvalue weighted by Crippen LogP contribution is 2.22. The molecule has 0 aliphatic rings. The van der Waals surface area contributed by atoms with Crippen LogP contribution in [-0.2, 0) is 4.74 Å². The van der Waals surface area contributed by atoms with Crippen molar-refractivity contribution in [3.8, 4) is 0 Å². The number of aliphatic hydroxyl groups excluding tert-OH is 1. The third kappa shape index (κ3) is 6.13. The molecular weight excluding hydrogens is 190 g/mol. The van der Waals surface area contributed by atoms with E-state index in [1.807, 2.05) is 20.8 Å². The summed E-state index contributed by atoms with van der Waals surface area (Å²) in [7, 11) is 1.71. The Bertz CT molecular complexity index is 180. The number of hydrogen-bond acceptors (Lipinski definition) is 3. The fraction of sp³-hybridized carbons (Fsp3) is 1.00. The summed E-state index contributed by atoms with van der Waals surface area (Å²) in [5.41, 5.74) is -0.467. The number of ether oxygens (including phenoxy) is 1. The van der Waals surface area contributed by atoms with Crippen molar-refractivity contribution < 1.29 is 9.84 Å². The molecule has 0 amide bonds. The summed E-state index contributed by atoms with van der Waals surface area (Å²) in [6.07, 6.45) is 0.791. The molecule has 0 saturated heterocycles. The van der Waals surface area contributed by atoms with Gasteiger partial charge in [0.2, 0.25) is 0 Å². The second-order valence-electron chi connectivity index (χ2n) is 5.63. The van der Waals surface area contributed by atoms with Crippen LogP contribution >= 0.6 is 0 Å². The van der Waals surface area contributed by atoms with E-state index in [0.29, 0.717) is 5.92 Å². The first-order valence-electron chi connectivity index (χ1n) is 5.66. The summed E-state index contributed by atoms with van der Waals surface area (Å²) < 4.78 is 5.39. The molecule has 0 aromatic rings. The van der Waals surface area contributed by atoms with Crippen LogP contribution in [0, 0.1) is 5.92 Å². The zero-order chi connectivity index (χ0) is 12.1. The van der Waals surface area contributed by atoms with Gasteiger partial charge in [-0.25, -0.2) is 0 Å². The van der Waals surface area contributed by atoms with Crippen molar-refractivity contribution >= 4 is 0 Å². The van der Waals surface area contributed by atoms with Gasteiger partial charge in [0.25, 0.3) is 0 Å². The van der Waals surface area contributed by atoms with Gasteiger partial charge in [0.1, 0.15) is 0 Å². The first-order chi connectivity index (χ1) is 6.74. The standard InChI is InChI=1S/C12H27NO2/c1-10(2)7-13-12(5,9-14)8-11(3,4)15-6/h10,13-14H,7-9H2,1-6H3. The van der Waals surface area contributed by atoms with Crippen molar-refractivity contribution in [1.82, 2.24) is 5.32 Å². The molecule has 0 aromatic heterocycles. The third-order valence-electron chi connectivity index (χ3n) is 2.65. The summed E-state index contributed by atoms with van der Waals surface area (Å²) in [5.74, 6) is 0.585. The monoisotopic (exact) mass is 217 g/mol. The summed E-state index contributed by atoms with van der Waals surface area (Å²) in [6, 6.07) is 0. The Hall–Kier alpha value is -0.120. The Labute approximate surface area is 94.2 Å². The molecule has 0 radical (unpaired) electrons. The summed E-state index contributed by atoms with van der Waals surface area (Å²) in [5, 5.41) is 12.8. The number of nitrogens with one attached hydrogen (secondary N) is 1. The van der Waals surface area contributed by atoms with E-state index in [-0.39, 0.29) is 17.7 Å². The second-order valence-corrected chi connectivity index (χ2v) is 5.63. The summed E-state index contributed by atoms with van der Waals surface area (Å²) >= 11 is 0. The van der Waals surface area contributed by atoms with Gasteiger partial charge >= 0.3 is 0 Å². The van der Waals surface area contributed by atoms with Crippen molar-refractivity contribution in [2.75, 3.05) is 20.3 Å². The molecule has 0 aliphatic heterocycles. The van der Waals surface area contributed by atoms with Crippen molar-refractivity contribution in [2.45, 2.75) is 52.2 Å². The van der Waals surface area contributed by atoms with Gasteiger partial charge in [-0.05, 0) is 39.7 Å². The molecule has 3 heteroatoms. The van der Waals surface area contributed by atoms with Gasteiger partial charge < -0.3 is 15.2 Å². The van der Waals surface area contributed by atoms with Crippen LogP contribution in [0.1, 0.15) is 41.0 Å². The van der Waals surface area contributed by atoms with Crippen molar-refractivity contribution in [3.63, 3.8) is 0 Å². The van der Waals surface area contributed by atoms with E-state index >= 15 is 0 Å². The minimum Gasteiger partial charge on any atom is -0.394 e. The van der Waals surface area contributed by atoms with Crippen LogP contribution in [0.2, 0.25) is 0 Å². The smallest absolute Gasteiger partial charge is 0.0641 e. The van der Waals surface area contributed by atoms with Gasteiger partial charge in [-0.2, -0.15) is 0 Å². The molecule has 0 fully saturated rings. The van der Waals surface area contributed by atoms with E-state index in [0.717, 1.165) is 13.0 Å². The fourth-order valence-corrected chi connectivity index (χ4v) is 1.64. The first-order valence-corrected chi connectivity index (χ1v) is 5.66. The molecule has 0 heterocycles. The zero-order valence-corrected chi connectivity index (χ0v) is 11.1. The van der Waals surface area contributed by atoms with E-state index in [2.05, 4.69) is 19.2 Å². The number of rotatable bonds is 7. The van der Waals surface area contributed by atoms with Crippen LogP contribution in [0.4, 0.5) is 0 Å². The number of methoxy groups -OCH3 is 1. The number of hydrogen-bond donors (Lipinski definition) is 2. The Balaban J connectivity index is 4.30. The SMILES string of the molecule is COC(C)(C)CC(C)(CO)NCC(C)C. The van der Waals surface area contributed by atoms with E-state index in [4.69, 9.17) is 4.74 Å². The molecule has 1 unspecified atom stereocenters. The molecule has 2 N–H and O–H groups in total. The zero-order valence-electron chi connectivity index (χ0n) is 11.1. The lowest BCUT2D eigenvalue weighted by molar-refractivity contribution is -0.0167. The first kappa shape index (κ1) is 14.9. The lowest BCUT2D eigenvalue weighted by Gasteiger charge is -2.36. The van der Waals surface area contributed by atoms with E-state index in [1.54, 1.807) is 7.11 Å². The fourth-order valence-electron chi connectivity index (χ4n) is 1.64. The van der Waals surface area contributed by atoms with Gasteiger partial charge in [-0.3, -0.25) is 0 Å². The molecular formula is C12H27NO2. The summed E-state index contributed by atoms with van der Waals surface area (Å²) in [4.78, 5) is 0. The molecule has 1 atom stereocenters. The maximum atomic E-state index is 9.44. The van der Waals surface area contributed by atoms with Gasteiger partial charge in [0.15, 0.2) is 0 Å². The molecule has 0 aromatic carbocycles. The van der Waals surface area contributed by atoms with Gasteiger partial charge in [-0.15, -0.1) is 0 Å². The van der Waals surface area contributed by atoms with E-state index in [9.17, 15) is 5.11 Å². The van der Waals surface area contributed by atoms with Gasteiger partial charge in [-0.1, -0.05) is 13.8 Å². The largest absolute Gasteiger partial charge is 0.394 e. The lowest BCUT2D eigenvalue weighted by Crippen LogP contribution is -2.51. The van der Waals surface area contributed by atoms with Crippen LogP contribution in [0.3, 0.4) is 0 Å². The highest BCUT2D eigenvalue weighted by Gasteiger charge is 2.31. The molecule has 0 aliphatic carbocycles. The highest BCUT2D eigenvalue weighted by atomic mass is 16.5. The van der Waals surface area contributed by atoms with Crippen molar-refractivity contribution in [1.29, 1.82) is 0 Å². The van der Waals surface area contributed by atoms with E-state index in [1.165, 1.54) is 0 Å². The molecule has 15 heavy (non-hydrogen) atoms. The van der Waals surface area contributed by atoms with Crippen molar-refractivity contribution in [2.24, 2.45) is 5.92 Å². The summed E-state index contributed by atoms with van der Waals surface area (Å²) in [6.45, 7) is 11.5. The highest BCUT2D eigenvalue weighted by molar-refractivity contribution is 4.89. The Kier molecular flexibility index (Phi) is 5.78. The lowest BCUT2D eigenvalue weighted by atomic mass is 9.88. The number of aliphatic hydroxyl groups is 1. The average molecular weight is 217 g/mol. The van der Waals surface area contributed by atoms with Gasteiger partial charge in [0.05, 0.1) is 12.2 Å². The van der Waals surface area contributed by atoms with Crippen LogP contribution in [0.15, 0.2) is 0 Å². The van der Waals surface area contributed by atoms with Crippen LogP contribution in [0.5, 0.6) is 0 Å². The average Bonchev–Trinajstić information content (AvgIpc) is 2.14. The maximum absolute atomic E-state index is 9.44. The molecule has 0 saturated carbocycles. The quantitative estimate of drug-likeness (QED) is 0.683. The topological polar surface area (TPSA) is 41.5 Å². The molecule has 0 spiro atoms. The maximum Gasteiger partial charge on any atom is 0.0641 e. The molecule has 0 bridgehead atoms. The minimum atomic E-state index is -0.260. The normalized spacial score (nSPS) is 16.8. The predicted octanol–water partition coefficient (Wildman–Crippen LogP) is 1.80.